The second-order valence-electron chi connectivity index (χ2n) is 6.96. The van der Waals surface area contributed by atoms with Gasteiger partial charge in [-0.25, -0.2) is 0 Å². The van der Waals surface area contributed by atoms with E-state index in [1.165, 1.54) is 0 Å². The first-order valence-electron chi connectivity index (χ1n) is 8.39. The van der Waals surface area contributed by atoms with Crippen LogP contribution in [0.25, 0.3) is 0 Å². The maximum Gasteiger partial charge on any atom is 0.323 e. The lowest BCUT2D eigenvalue weighted by atomic mass is 9.98. The molecular formula is C19H31NO4. The van der Waals surface area contributed by atoms with E-state index in [1.807, 2.05) is 45.9 Å². The highest BCUT2D eigenvalue weighted by atomic mass is 16.6. The predicted octanol–water partition coefficient (Wildman–Crippen LogP) is 3.55. The number of nitrogens with one attached hydrogen (secondary N) is 1. The molecule has 0 aliphatic carbocycles. The van der Waals surface area contributed by atoms with E-state index >= 15 is 0 Å². The number of benzene rings is 1. The van der Waals surface area contributed by atoms with Crippen LogP contribution in [0.5, 0.6) is 11.5 Å². The molecule has 136 valence electrons. The number of rotatable bonds is 8. The largest absolute Gasteiger partial charge is 0.497 e. The summed E-state index contributed by atoms with van der Waals surface area (Å²) in [6.45, 7) is 10.3. The third kappa shape index (κ3) is 6.04. The van der Waals surface area contributed by atoms with Gasteiger partial charge in [-0.2, -0.15) is 0 Å². The Kier molecular flexibility index (Phi) is 7.55. The topological polar surface area (TPSA) is 56.8 Å². The molecule has 0 spiro atoms. The highest BCUT2D eigenvalue weighted by Gasteiger charge is 2.28. The molecule has 0 bridgehead atoms. The van der Waals surface area contributed by atoms with Gasteiger partial charge in [0.2, 0.25) is 0 Å². The summed E-state index contributed by atoms with van der Waals surface area (Å²) in [5, 5.41) is 3.33. The summed E-state index contributed by atoms with van der Waals surface area (Å²) < 4.78 is 16.2. The van der Waals surface area contributed by atoms with Crippen LogP contribution < -0.4 is 14.8 Å². The first kappa shape index (κ1) is 20.3. The van der Waals surface area contributed by atoms with E-state index < -0.39 is 5.60 Å². The number of esters is 1. The average Bonchev–Trinajstić information content (AvgIpc) is 2.53. The standard InChI is InChI=1S/C19H31NO4/c1-8-13(2)17(18(21)24-19(3,4)5)20-12-14-9-10-15(22-6)11-16(14)23-7/h9-11,13,17,20H,8,12H2,1-7H3/t13-,17-/m0/s1. The highest BCUT2D eigenvalue weighted by molar-refractivity contribution is 5.76. The van der Waals surface area contributed by atoms with E-state index in [-0.39, 0.29) is 17.9 Å². The van der Waals surface area contributed by atoms with Crippen LogP contribution in [0.3, 0.4) is 0 Å². The first-order chi connectivity index (χ1) is 11.2. The van der Waals surface area contributed by atoms with Crippen LogP contribution >= 0.6 is 0 Å². The summed E-state index contributed by atoms with van der Waals surface area (Å²) in [6.07, 6.45) is 0.886. The molecule has 0 aliphatic heterocycles. The summed E-state index contributed by atoms with van der Waals surface area (Å²) in [5.41, 5.74) is 0.470. The fourth-order valence-electron chi connectivity index (χ4n) is 2.34. The Hall–Kier alpha value is -1.75. The van der Waals surface area contributed by atoms with Crippen LogP contribution in [-0.2, 0) is 16.1 Å². The summed E-state index contributed by atoms with van der Waals surface area (Å²) >= 11 is 0. The van der Waals surface area contributed by atoms with E-state index in [0.29, 0.717) is 6.54 Å². The van der Waals surface area contributed by atoms with E-state index in [9.17, 15) is 4.79 Å². The molecule has 1 rings (SSSR count). The summed E-state index contributed by atoms with van der Waals surface area (Å²) in [7, 11) is 3.24. The van der Waals surface area contributed by atoms with Crippen molar-refractivity contribution in [3.05, 3.63) is 23.8 Å². The zero-order valence-electron chi connectivity index (χ0n) is 15.9. The average molecular weight is 337 g/mol. The van der Waals surface area contributed by atoms with E-state index in [0.717, 1.165) is 23.5 Å². The molecule has 0 unspecified atom stereocenters. The molecule has 0 radical (unpaired) electrons. The lowest BCUT2D eigenvalue weighted by Crippen LogP contribution is -2.45. The van der Waals surface area contributed by atoms with Gasteiger partial charge >= 0.3 is 5.97 Å². The molecule has 2 atom stereocenters. The summed E-state index contributed by atoms with van der Waals surface area (Å²) in [5.74, 6) is 1.42. The fraction of sp³-hybridized carbons (Fsp3) is 0.632. The molecule has 24 heavy (non-hydrogen) atoms. The van der Waals surface area contributed by atoms with Crippen LogP contribution in [0.2, 0.25) is 0 Å². The second-order valence-corrected chi connectivity index (χ2v) is 6.96. The highest BCUT2D eigenvalue weighted by Crippen LogP contribution is 2.25. The normalized spacial score (nSPS) is 14.0. The Bertz CT molecular complexity index is 537. The molecule has 0 aliphatic rings. The Labute approximate surface area is 145 Å². The van der Waals surface area contributed by atoms with Crippen molar-refractivity contribution in [3.8, 4) is 11.5 Å². The minimum atomic E-state index is -0.498. The van der Waals surface area contributed by atoms with Crippen molar-refractivity contribution in [1.82, 2.24) is 5.32 Å². The van der Waals surface area contributed by atoms with Crippen LogP contribution in [0, 0.1) is 5.92 Å². The molecule has 0 saturated heterocycles. The van der Waals surface area contributed by atoms with Crippen LogP contribution in [0.4, 0.5) is 0 Å². The van der Waals surface area contributed by atoms with Crippen LogP contribution in [0.1, 0.15) is 46.6 Å². The van der Waals surface area contributed by atoms with Crippen molar-refractivity contribution in [1.29, 1.82) is 0 Å². The predicted molar refractivity (Wildman–Crippen MR) is 95.5 cm³/mol. The number of carbonyl (C=O) groups excluding carboxylic acids is 1. The van der Waals surface area contributed by atoms with Gasteiger partial charge < -0.3 is 14.2 Å². The molecular weight excluding hydrogens is 306 g/mol. The summed E-state index contributed by atoms with van der Waals surface area (Å²) in [4.78, 5) is 12.5. The van der Waals surface area contributed by atoms with Gasteiger partial charge in [0.15, 0.2) is 0 Å². The minimum absolute atomic E-state index is 0.170. The van der Waals surface area contributed by atoms with Gasteiger partial charge in [-0.15, -0.1) is 0 Å². The molecule has 0 amide bonds. The van der Waals surface area contributed by atoms with Gasteiger partial charge in [-0.1, -0.05) is 26.3 Å². The zero-order chi connectivity index (χ0) is 18.3. The Balaban J connectivity index is 2.87. The van der Waals surface area contributed by atoms with Crippen molar-refractivity contribution < 1.29 is 19.0 Å². The van der Waals surface area contributed by atoms with Crippen molar-refractivity contribution >= 4 is 5.97 Å². The van der Waals surface area contributed by atoms with Gasteiger partial charge in [0.25, 0.3) is 0 Å². The quantitative estimate of drug-likeness (QED) is 0.735. The molecule has 5 nitrogen and oxygen atoms in total. The zero-order valence-corrected chi connectivity index (χ0v) is 15.9. The maximum absolute atomic E-state index is 12.5. The maximum atomic E-state index is 12.5. The minimum Gasteiger partial charge on any atom is -0.497 e. The Morgan fingerprint density at radius 3 is 2.38 bits per heavy atom. The van der Waals surface area contributed by atoms with Crippen molar-refractivity contribution in [3.63, 3.8) is 0 Å². The number of hydrogen-bond acceptors (Lipinski definition) is 5. The van der Waals surface area contributed by atoms with Gasteiger partial charge in [0.05, 0.1) is 14.2 Å². The fourth-order valence-corrected chi connectivity index (χ4v) is 2.34. The van der Waals surface area contributed by atoms with E-state index in [2.05, 4.69) is 12.2 Å². The smallest absolute Gasteiger partial charge is 0.323 e. The number of hydrogen-bond donors (Lipinski definition) is 1. The molecule has 0 heterocycles. The monoisotopic (exact) mass is 337 g/mol. The molecule has 0 fully saturated rings. The van der Waals surface area contributed by atoms with Crippen molar-refractivity contribution in [2.45, 2.75) is 59.2 Å². The Morgan fingerprint density at radius 1 is 1.21 bits per heavy atom. The third-order valence-corrected chi connectivity index (χ3v) is 3.88. The number of carbonyl (C=O) groups is 1. The van der Waals surface area contributed by atoms with Crippen LogP contribution in [-0.4, -0.2) is 31.8 Å². The second kappa shape index (κ2) is 8.92. The van der Waals surface area contributed by atoms with E-state index in [1.54, 1.807) is 14.2 Å². The molecule has 1 N–H and O–H groups in total. The lowest BCUT2D eigenvalue weighted by Gasteiger charge is -2.28. The molecule has 0 saturated carbocycles. The first-order valence-corrected chi connectivity index (χ1v) is 8.39. The molecule has 1 aromatic rings. The lowest BCUT2D eigenvalue weighted by molar-refractivity contribution is -0.159. The van der Waals surface area contributed by atoms with Crippen molar-refractivity contribution in [2.24, 2.45) is 5.92 Å². The van der Waals surface area contributed by atoms with Gasteiger partial charge in [-0.05, 0) is 32.8 Å². The number of ether oxygens (including phenoxy) is 3. The van der Waals surface area contributed by atoms with Crippen LogP contribution in [0.15, 0.2) is 18.2 Å². The molecule has 5 heteroatoms. The van der Waals surface area contributed by atoms with Gasteiger partial charge in [0, 0.05) is 18.2 Å². The summed E-state index contributed by atoms with van der Waals surface area (Å²) in [6, 6.07) is 5.29. The van der Waals surface area contributed by atoms with E-state index in [4.69, 9.17) is 14.2 Å². The SMILES string of the molecule is CC[C@H](C)[C@H](NCc1ccc(OC)cc1OC)C(=O)OC(C)(C)C. The molecule has 1 aromatic carbocycles. The third-order valence-electron chi connectivity index (χ3n) is 3.88. The van der Waals surface area contributed by atoms with Crippen molar-refractivity contribution in [2.75, 3.05) is 14.2 Å². The Morgan fingerprint density at radius 2 is 1.88 bits per heavy atom. The van der Waals surface area contributed by atoms with Gasteiger partial charge in [-0.3, -0.25) is 10.1 Å². The van der Waals surface area contributed by atoms with Gasteiger partial charge in [0.1, 0.15) is 23.1 Å². The molecule has 0 aromatic heterocycles. The number of methoxy groups -OCH3 is 2.